The number of benzene rings is 1. The number of nitrogens with zero attached hydrogens (tertiary/aromatic N) is 4. The van der Waals surface area contributed by atoms with Crippen LogP contribution in [-0.2, 0) is 0 Å². The molecule has 34 heavy (non-hydrogen) atoms. The van der Waals surface area contributed by atoms with Crippen LogP contribution in [0, 0.1) is 5.92 Å². The number of pyridine rings is 2. The van der Waals surface area contributed by atoms with Gasteiger partial charge in [-0.25, -0.2) is 9.97 Å². The molecule has 1 aliphatic rings. The lowest BCUT2D eigenvalue weighted by molar-refractivity contribution is 0.0769. The number of aromatic nitrogens is 2. The average Bonchev–Trinajstić information content (AvgIpc) is 3.27. The fourth-order valence-corrected chi connectivity index (χ4v) is 4.65. The smallest absolute Gasteiger partial charge is 0.255 e. The monoisotopic (exact) mass is 518 g/mol. The van der Waals surface area contributed by atoms with Gasteiger partial charge in [0.05, 0.1) is 20.6 Å². The fraction of sp³-hybridized carbons (Fsp3) is 0.320. The molecule has 1 amide bonds. The molecule has 3 atom stereocenters. The van der Waals surface area contributed by atoms with Gasteiger partial charge in [-0.3, -0.25) is 4.79 Å². The maximum Gasteiger partial charge on any atom is 0.255 e. The Kier molecular flexibility index (Phi) is 7.51. The first-order chi connectivity index (χ1) is 16.2. The maximum absolute atomic E-state index is 13.3. The van der Waals surface area contributed by atoms with E-state index in [9.17, 15) is 4.79 Å². The van der Waals surface area contributed by atoms with Crippen LogP contribution in [0.3, 0.4) is 0 Å². The van der Waals surface area contributed by atoms with Gasteiger partial charge in [0.1, 0.15) is 11.9 Å². The van der Waals surface area contributed by atoms with Crippen molar-refractivity contribution in [3.63, 3.8) is 0 Å². The van der Waals surface area contributed by atoms with E-state index in [0.29, 0.717) is 39.6 Å². The highest BCUT2D eigenvalue weighted by Gasteiger charge is 2.40. The van der Waals surface area contributed by atoms with E-state index in [1.54, 1.807) is 30.6 Å². The van der Waals surface area contributed by atoms with Crippen LogP contribution < -0.4 is 9.64 Å². The summed E-state index contributed by atoms with van der Waals surface area (Å²) >= 11 is 18.4. The molecule has 3 heterocycles. The van der Waals surface area contributed by atoms with Gasteiger partial charge in [-0.05, 0) is 42.8 Å². The summed E-state index contributed by atoms with van der Waals surface area (Å²) in [5, 5.41) is 1.52. The van der Waals surface area contributed by atoms with Gasteiger partial charge in [0, 0.05) is 57.5 Å². The fourth-order valence-electron chi connectivity index (χ4n) is 4.24. The summed E-state index contributed by atoms with van der Waals surface area (Å²) in [6, 6.07) is 12.7. The van der Waals surface area contributed by atoms with Crippen LogP contribution in [0.1, 0.15) is 28.8 Å². The van der Waals surface area contributed by atoms with Crippen LogP contribution in [0.15, 0.2) is 54.9 Å². The molecule has 0 radical (unpaired) electrons. The van der Waals surface area contributed by atoms with Crippen LogP contribution in [0.5, 0.6) is 5.88 Å². The summed E-state index contributed by atoms with van der Waals surface area (Å²) in [5.41, 5.74) is 1.56. The zero-order valence-electron chi connectivity index (χ0n) is 19.1. The molecule has 1 fully saturated rings. The Hall–Kier alpha value is -2.54. The van der Waals surface area contributed by atoms with Crippen molar-refractivity contribution in [1.82, 2.24) is 14.9 Å². The van der Waals surface area contributed by atoms with Gasteiger partial charge in [0.2, 0.25) is 5.88 Å². The predicted molar refractivity (Wildman–Crippen MR) is 136 cm³/mol. The van der Waals surface area contributed by atoms with E-state index >= 15 is 0 Å². The number of hydrogen-bond acceptors (Lipinski definition) is 5. The second kappa shape index (κ2) is 10.4. The highest BCUT2D eigenvalue weighted by Crippen LogP contribution is 2.38. The van der Waals surface area contributed by atoms with E-state index < -0.39 is 0 Å². The number of ether oxygens (including phenoxy) is 1. The molecule has 0 saturated carbocycles. The number of amides is 1. The third-order valence-electron chi connectivity index (χ3n) is 6.09. The molecule has 178 valence electrons. The van der Waals surface area contributed by atoms with Gasteiger partial charge in [0.25, 0.3) is 5.91 Å². The van der Waals surface area contributed by atoms with E-state index in [1.807, 2.05) is 55.1 Å². The Morgan fingerprint density at radius 3 is 2.44 bits per heavy atom. The largest absolute Gasteiger partial charge is 0.474 e. The van der Waals surface area contributed by atoms with Crippen molar-refractivity contribution in [2.24, 2.45) is 5.92 Å². The van der Waals surface area contributed by atoms with Gasteiger partial charge >= 0.3 is 0 Å². The highest BCUT2D eigenvalue weighted by molar-refractivity contribution is 6.42. The minimum atomic E-state index is -0.222. The minimum Gasteiger partial charge on any atom is -0.474 e. The lowest BCUT2D eigenvalue weighted by Crippen LogP contribution is -2.32. The molecular weight excluding hydrogens is 495 g/mol. The summed E-state index contributed by atoms with van der Waals surface area (Å²) in [6.07, 6.45) is 2.95. The van der Waals surface area contributed by atoms with Crippen molar-refractivity contribution >= 4 is 46.5 Å². The van der Waals surface area contributed by atoms with E-state index in [-0.39, 0.29) is 23.8 Å². The molecule has 1 aliphatic heterocycles. The van der Waals surface area contributed by atoms with Crippen LogP contribution >= 0.6 is 34.8 Å². The van der Waals surface area contributed by atoms with Crippen LogP contribution in [0.4, 0.5) is 5.82 Å². The van der Waals surface area contributed by atoms with Crippen molar-refractivity contribution < 1.29 is 9.53 Å². The van der Waals surface area contributed by atoms with E-state index in [1.165, 1.54) is 0 Å². The molecule has 0 aliphatic carbocycles. The van der Waals surface area contributed by atoms with E-state index in [4.69, 9.17) is 39.5 Å². The number of carbonyl (C=O) groups is 1. The summed E-state index contributed by atoms with van der Waals surface area (Å²) in [5.74, 6) is 1.23. The standard InChI is InChI=1S/C25H25Cl3N4O2/c1-15(34-24-9-6-18(26)12-30-24)19-13-32(14-20(19)16-4-7-21(27)22(28)10-16)25(33)17-5-8-23(29-11-17)31(2)3/h4-12,15,19-20H,13-14H2,1-3H3/t15-,19-,20+/m0/s1. The van der Waals surface area contributed by atoms with Crippen LogP contribution in [0.2, 0.25) is 15.1 Å². The van der Waals surface area contributed by atoms with Crippen LogP contribution in [-0.4, -0.2) is 54.1 Å². The molecule has 2 aromatic heterocycles. The Labute approximate surface area is 214 Å². The topological polar surface area (TPSA) is 58.6 Å². The van der Waals surface area contributed by atoms with Gasteiger partial charge in [-0.1, -0.05) is 40.9 Å². The quantitative estimate of drug-likeness (QED) is 0.410. The molecule has 0 N–H and O–H groups in total. The minimum absolute atomic E-state index is 0.00711. The Balaban J connectivity index is 1.59. The SMILES string of the molecule is C[C@H](Oc1ccc(Cl)cn1)[C@@H]1CN(C(=O)c2ccc(N(C)C)nc2)C[C@@H]1c1ccc(Cl)c(Cl)c1. The molecule has 4 rings (SSSR count). The van der Waals surface area contributed by atoms with Crippen LogP contribution in [0.25, 0.3) is 0 Å². The number of anilines is 1. The second-order valence-electron chi connectivity index (χ2n) is 8.59. The first-order valence-electron chi connectivity index (χ1n) is 10.9. The molecule has 3 aromatic rings. The molecule has 6 nitrogen and oxygen atoms in total. The molecule has 0 unspecified atom stereocenters. The van der Waals surface area contributed by atoms with Crippen molar-refractivity contribution in [1.29, 1.82) is 0 Å². The van der Waals surface area contributed by atoms with Crippen molar-refractivity contribution in [3.05, 3.63) is 81.1 Å². The van der Waals surface area contributed by atoms with Gasteiger partial charge < -0.3 is 14.5 Å². The third-order valence-corrected chi connectivity index (χ3v) is 7.05. The molecule has 1 aromatic carbocycles. The Morgan fingerprint density at radius 2 is 1.82 bits per heavy atom. The summed E-state index contributed by atoms with van der Waals surface area (Å²) in [4.78, 5) is 25.7. The summed E-state index contributed by atoms with van der Waals surface area (Å²) in [7, 11) is 3.82. The number of carbonyl (C=O) groups excluding carboxylic acids is 1. The number of hydrogen-bond donors (Lipinski definition) is 0. The number of halogens is 3. The lowest BCUT2D eigenvalue weighted by atomic mass is 9.86. The van der Waals surface area contributed by atoms with Gasteiger partial charge in [0.15, 0.2) is 0 Å². The van der Waals surface area contributed by atoms with Crippen molar-refractivity contribution in [3.8, 4) is 5.88 Å². The predicted octanol–water partition coefficient (Wildman–Crippen LogP) is 5.83. The Morgan fingerprint density at radius 1 is 1.03 bits per heavy atom. The average molecular weight is 520 g/mol. The first kappa shape index (κ1) is 24.6. The van der Waals surface area contributed by atoms with E-state index in [0.717, 1.165) is 11.4 Å². The molecular formula is C25H25Cl3N4O2. The third kappa shape index (κ3) is 5.40. The molecule has 9 heteroatoms. The van der Waals surface area contributed by atoms with E-state index in [2.05, 4.69) is 9.97 Å². The van der Waals surface area contributed by atoms with Gasteiger partial charge in [-0.2, -0.15) is 0 Å². The normalized spacial score (nSPS) is 18.6. The molecule has 1 saturated heterocycles. The zero-order chi connectivity index (χ0) is 24.4. The molecule has 0 spiro atoms. The maximum atomic E-state index is 13.3. The number of rotatable bonds is 6. The van der Waals surface area contributed by atoms with Crippen molar-refractivity contribution in [2.75, 3.05) is 32.1 Å². The Bertz CT molecular complexity index is 1160. The molecule has 0 bridgehead atoms. The van der Waals surface area contributed by atoms with Crippen molar-refractivity contribution in [2.45, 2.75) is 18.9 Å². The first-order valence-corrected chi connectivity index (χ1v) is 12.0. The number of likely N-dealkylation sites (tertiary alicyclic amines) is 1. The zero-order valence-corrected chi connectivity index (χ0v) is 21.3. The summed E-state index contributed by atoms with van der Waals surface area (Å²) in [6.45, 7) is 3.04. The second-order valence-corrected chi connectivity index (χ2v) is 9.84. The van der Waals surface area contributed by atoms with Gasteiger partial charge in [-0.15, -0.1) is 0 Å². The highest BCUT2D eigenvalue weighted by atomic mass is 35.5. The lowest BCUT2D eigenvalue weighted by Gasteiger charge is -2.25. The summed E-state index contributed by atoms with van der Waals surface area (Å²) < 4.78 is 6.15.